The van der Waals surface area contributed by atoms with Crippen LogP contribution < -0.4 is 5.32 Å². The number of halogens is 1. The minimum Gasteiger partial charge on any atom is -0.375 e. The molecule has 1 aromatic carbocycles. The van der Waals surface area contributed by atoms with E-state index in [1.807, 2.05) is 19.1 Å². The molecule has 0 aliphatic carbocycles. The third kappa shape index (κ3) is 3.84. The Balaban J connectivity index is 2.04. The Bertz CT molecular complexity index is 601. The van der Waals surface area contributed by atoms with Gasteiger partial charge in [0, 0.05) is 12.1 Å². The molecule has 1 N–H and O–H groups in total. The van der Waals surface area contributed by atoms with Gasteiger partial charge in [-0.3, -0.25) is 4.79 Å². The Morgan fingerprint density at radius 2 is 2.00 bits per heavy atom. The minimum atomic E-state index is -0.437. The molecule has 0 aliphatic rings. The van der Waals surface area contributed by atoms with E-state index in [4.69, 9.17) is 16.3 Å². The Morgan fingerprint density at radius 1 is 1.32 bits per heavy atom. The molecule has 0 saturated heterocycles. The van der Waals surface area contributed by atoms with Crippen LogP contribution in [0.2, 0.25) is 5.02 Å². The van der Waals surface area contributed by atoms with E-state index in [9.17, 15) is 4.79 Å². The van der Waals surface area contributed by atoms with E-state index in [1.54, 1.807) is 26.2 Å². The molecule has 1 amide bonds. The summed E-state index contributed by atoms with van der Waals surface area (Å²) < 4.78 is 7.02. The zero-order valence-corrected chi connectivity index (χ0v) is 13.5. The van der Waals surface area contributed by atoms with E-state index in [0.717, 1.165) is 5.56 Å². The summed E-state index contributed by atoms with van der Waals surface area (Å²) in [4.78, 5) is 16.1. The summed E-state index contributed by atoms with van der Waals surface area (Å²) in [6, 6.07) is 6.74. The number of ether oxygens (including phenoxy) is 1. The van der Waals surface area contributed by atoms with Crippen LogP contribution in [0.1, 0.15) is 31.6 Å². The number of carbonyl (C=O) groups excluding carboxylic acids is 1. The van der Waals surface area contributed by atoms with Crippen molar-refractivity contribution in [3.05, 3.63) is 47.5 Å². The molecule has 1 aromatic heterocycles. The van der Waals surface area contributed by atoms with Crippen LogP contribution >= 0.6 is 11.6 Å². The second-order valence-corrected chi connectivity index (χ2v) is 5.49. The first-order chi connectivity index (χ1) is 10.5. The predicted molar refractivity (Wildman–Crippen MR) is 83.5 cm³/mol. The second kappa shape index (κ2) is 7.38. The van der Waals surface area contributed by atoms with Gasteiger partial charge in [0.25, 0.3) is 0 Å². The SMILES string of the molecule is CO[C@H](c1ccc(Cl)cc1)[C@@H](C)NC(=O)[C@H](C)n1cncn1. The van der Waals surface area contributed by atoms with Crippen molar-refractivity contribution in [2.24, 2.45) is 0 Å². The van der Waals surface area contributed by atoms with Crippen molar-refractivity contribution in [1.29, 1.82) is 0 Å². The number of benzene rings is 1. The predicted octanol–water partition coefficient (Wildman–Crippen LogP) is 2.38. The lowest BCUT2D eigenvalue weighted by Gasteiger charge is -2.25. The van der Waals surface area contributed by atoms with Crippen LogP contribution in [-0.4, -0.2) is 33.8 Å². The first-order valence-electron chi connectivity index (χ1n) is 6.95. The molecule has 6 nitrogen and oxygen atoms in total. The maximum atomic E-state index is 12.3. The Hall–Kier alpha value is -1.92. The Labute approximate surface area is 134 Å². The van der Waals surface area contributed by atoms with Crippen molar-refractivity contribution in [3.8, 4) is 0 Å². The molecule has 0 bridgehead atoms. The average molecular weight is 323 g/mol. The summed E-state index contributed by atoms with van der Waals surface area (Å²) in [5.74, 6) is -0.144. The molecule has 0 spiro atoms. The van der Waals surface area contributed by atoms with Gasteiger partial charge in [0.05, 0.1) is 6.04 Å². The fourth-order valence-corrected chi connectivity index (χ4v) is 2.37. The molecular weight excluding hydrogens is 304 g/mol. The van der Waals surface area contributed by atoms with Gasteiger partial charge in [0.15, 0.2) is 0 Å². The van der Waals surface area contributed by atoms with Crippen molar-refractivity contribution < 1.29 is 9.53 Å². The summed E-state index contributed by atoms with van der Waals surface area (Å²) in [6.45, 7) is 3.66. The topological polar surface area (TPSA) is 69.0 Å². The molecule has 0 aliphatic heterocycles. The smallest absolute Gasteiger partial charge is 0.244 e. The number of nitrogens with zero attached hydrogens (tertiary/aromatic N) is 3. The number of carbonyl (C=O) groups is 1. The highest BCUT2D eigenvalue weighted by molar-refractivity contribution is 6.30. The second-order valence-electron chi connectivity index (χ2n) is 5.06. The number of hydrogen-bond acceptors (Lipinski definition) is 4. The molecule has 0 saturated carbocycles. The number of rotatable bonds is 6. The van der Waals surface area contributed by atoms with E-state index < -0.39 is 6.04 Å². The zero-order valence-electron chi connectivity index (χ0n) is 12.7. The Kier molecular flexibility index (Phi) is 5.51. The summed E-state index contributed by atoms with van der Waals surface area (Å²) in [5.41, 5.74) is 0.952. The summed E-state index contributed by atoms with van der Waals surface area (Å²) in [5, 5.41) is 7.58. The van der Waals surface area contributed by atoms with Crippen molar-refractivity contribution >= 4 is 17.5 Å². The summed E-state index contributed by atoms with van der Waals surface area (Å²) in [6.07, 6.45) is 2.66. The molecule has 1 heterocycles. The van der Waals surface area contributed by atoms with Gasteiger partial charge in [-0.2, -0.15) is 5.10 Å². The lowest BCUT2D eigenvalue weighted by molar-refractivity contribution is -0.125. The average Bonchev–Trinajstić information content (AvgIpc) is 3.03. The maximum absolute atomic E-state index is 12.3. The molecular formula is C15H19ClN4O2. The summed E-state index contributed by atoms with van der Waals surface area (Å²) >= 11 is 5.90. The Morgan fingerprint density at radius 3 is 2.55 bits per heavy atom. The molecule has 3 atom stereocenters. The summed E-state index contributed by atoms with van der Waals surface area (Å²) in [7, 11) is 1.61. The number of methoxy groups -OCH3 is 1. The highest BCUT2D eigenvalue weighted by Crippen LogP contribution is 2.22. The van der Waals surface area contributed by atoms with Gasteiger partial charge >= 0.3 is 0 Å². The van der Waals surface area contributed by atoms with Gasteiger partial charge < -0.3 is 10.1 Å². The minimum absolute atomic E-state index is 0.144. The van der Waals surface area contributed by atoms with Crippen LogP contribution in [0, 0.1) is 0 Å². The fourth-order valence-electron chi connectivity index (χ4n) is 2.24. The maximum Gasteiger partial charge on any atom is 0.244 e. The van der Waals surface area contributed by atoms with E-state index in [2.05, 4.69) is 15.4 Å². The third-order valence-corrected chi connectivity index (χ3v) is 3.74. The zero-order chi connectivity index (χ0) is 16.1. The van der Waals surface area contributed by atoms with Gasteiger partial charge in [-0.05, 0) is 31.5 Å². The van der Waals surface area contributed by atoms with Crippen LogP contribution in [0.25, 0.3) is 0 Å². The van der Waals surface area contributed by atoms with Crippen LogP contribution in [0.4, 0.5) is 0 Å². The van der Waals surface area contributed by atoms with Crippen molar-refractivity contribution in [2.45, 2.75) is 32.0 Å². The van der Waals surface area contributed by atoms with E-state index in [0.29, 0.717) is 5.02 Å². The van der Waals surface area contributed by atoms with Crippen molar-refractivity contribution in [2.75, 3.05) is 7.11 Å². The molecule has 2 aromatic rings. The van der Waals surface area contributed by atoms with Gasteiger partial charge in [-0.1, -0.05) is 23.7 Å². The van der Waals surface area contributed by atoms with Gasteiger partial charge in [-0.15, -0.1) is 0 Å². The molecule has 22 heavy (non-hydrogen) atoms. The van der Waals surface area contributed by atoms with Crippen LogP contribution in [0.15, 0.2) is 36.9 Å². The first kappa shape index (κ1) is 16.5. The van der Waals surface area contributed by atoms with Crippen LogP contribution in [0.3, 0.4) is 0 Å². The highest BCUT2D eigenvalue weighted by atomic mass is 35.5. The lowest BCUT2D eigenvalue weighted by Crippen LogP contribution is -2.41. The highest BCUT2D eigenvalue weighted by Gasteiger charge is 2.24. The van der Waals surface area contributed by atoms with Crippen LogP contribution in [-0.2, 0) is 9.53 Å². The molecule has 2 rings (SSSR count). The van der Waals surface area contributed by atoms with E-state index in [-0.39, 0.29) is 18.1 Å². The van der Waals surface area contributed by atoms with Gasteiger partial charge in [0.1, 0.15) is 24.8 Å². The van der Waals surface area contributed by atoms with Crippen molar-refractivity contribution in [1.82, 2.24) is 20.1 Å². The monoisotopic (exact) mass is 322 g/mol. The molecule has 0 unspecified atom stereocenters. The number of hydrogen-bond donors (Lipinski definition) is 1. The standard InChI is InChI=1S/C15H19ClN4O2/c1-10(14(22-3)12-4-6-13(16)7-5-12)19-15(21)11(2)20-9-17-8-18-20/h4-11,14H,1-3H3,(H,19,21)/t10-,11+,14+/m1/s1. The fraction of sp³-hybridized carbons (Fsp3) is 0.400. The number of aromatic nitrogens is 3. The lowest BCUT2D eigenvalue weighted by atomic mass is 10.0. The van der Waals surface area contributed by atoms with E-state index >= 15 is 0 Å². The number of amides is 1. The van der Waals surface area contributed by atoms with Crippen LogP contribution in [0.5, 0.6) is 0 Å². The molecule has 7 heteroatoms. The molecule has 0 fully saturated rings. The third-order valence-electron chi connectivity index (χ3n) is 3.49. The van der Waals surface area contributed by atoms with E-state index in [1.165, 1.54) is 17.3 Å². The molecule has 0 radical (unpaired) electrons. The van der Waals surface area contributed by atoms with Gasteiger partial charge in [0.2, 0.25) is 5.91 Å². The first-order valence-corrected chi connectivity index (χ1v) is 7.33. The largest absolute Gasteiger partial charge is 0.375 e. The van der Waals surface area contributed by atoms with Gasteiger partial charge in [-0.25, -0.2) is 9.67 Å². The quantitative estimate of drug-likeness (QED) is 0.886. The normalized spacial score (nSPS) is 15.1. The number of nitrogens with one attached hydrogen (secondary N) is 1. The van der Waals surface area contributed by atoms with Crippen molar-refractivity contribution in [3.63, 3.8) is 0 Å². The molecule has 118 valence electrons.